The Labute approximate surface area is 165 Å². The van der Waals surface area contributed by atoms with Crippen molar-refractivity contribution in [2.75, 3.05) is 26.2 Å². The zero-order valence-corrected chi connectivity index (χ0v) is 16.7. The molecule has 0 atom stereocenters. The van der Waals surface area contributed by atoms with Gasteiger partial charge in [-0.1, -0.05) is 29.8 Å². The highest BCUT2D eigenvalue weighted by Gasteiger charge is 2.29. The summed E-state index contributed by atoms with van der Waals surface area (Å²) in [5, 5.41) is 5.67. The van der Waals surface area contributed by atoms with Gasteiger partial charge in [0.2, 0.25) is 0 Å². The molecule has 142 valence electrons. The van der Waals surface area contributed by atoms with Gasteiger partial charge in [-0.3, -0.25) is 9.69 Å². The van der Waals surface area contributed by atoms with Crippen LogP contribution in [0.1, 0.15) is 0 Å². The maximum absolute atomic E-state index is 12.7. The molecule has 7 nitrogen and oxygen atoms in total. The number of nitrogens with zero attached hydrogens (tertiary/aromatic N) is 4. The van der Waals surface area contributed by atoms with Gasteiger partial charge in [-0.15, -0.1) is 11.3 Å². The average molecular weight is 425 g/mol. The summed E-state index contributed by atoms with van der Waals surface area (Å²) in [5.74, 6) is 0. The topological polar surface area (TPSA) is 75.5 Å². The van der Waals surface area contributed by atoms with Crippen molar-refractivity contribution in [2.45, 2.75) is 10.9 Å². The summed E-state index contributed by atoms with van der Waals surface area (Å²) in [6, 6.07) is 10.5. The summed E-state index contributed by atoms with van der Waals surface area (Å²) in [4.78, 5) is 14.6. The molecule has 0 amide bonds. The first-order valence-corrected chi connectivity index (χ1v) is 11.0. The molecule has 0 saturated carbocycles. The van der Waals surface area contributed by atoms with Gasteiger partial charge < -0.3 is 0 Å². The number of hydrogen-bond donors (Lipinski definition) is 0. The lowest BCUT2D eigenvalue weighted by Gasteiger charge is -2.33. The van der Waals surface area contributed by atoms with Gasteiger partial charge >= 0.3 is 0 Å². The number of benzene rings is 1. The van der Waals surface area contributed by atoms with E-state index in [0.717, 1.165) is 16.7 Å². The first-order chi connectivity index (χ1) is 12.9. The van der Waals surface area contributed by atoms with Crippen molar-refractivity contribution < 1.29 is 8.42 Å². The Bertz CT molecular complexity index is 1130. The molecule has 0 spiro atoms. The lowest BCUT2D eigenvalue weighted by molar-refractivity contribution is 0.143. The predicted molar refractivity (Wildman–Crippen MR) is 106 cm³/mol. The molecular weight excluding hydrogens is 408 g/mol. The molecule has 1 fully saturated rings. The number of aromatic nitrogens is 2. The van der Waals surface area contributed by atoms with Gasteiger partial charge in [-0.2, -0.15) is 9.40 Å². The monoisotopic (exact) mass is 424 g/mol. The number of piperazine rings is 1. The second-order valence-corrected chi connectivity index (χ2v) is 10.1. The maximum atomic E-state index is 12.7. The van der Waals surface area contributed by atoms with Crippen LogP contribution >= 0.6 is 22.9 Å². The number of hydrogen-bond acceptors (Lipinski definition) is 6. The molecule has 0 bridgehead atoms. The molecule has 3 aromatic rings. The Kier molecular flexibility index (Phi) is 5.04. The summed E-state index contributed by atoms with van der Waals surface area (Å²) in [7, 11) is -3.52. The maximum Gasteiger partial charge on any atom is 0.275 e. The molecule has 0 aliphatic carbocycles. The van der Waals surface area contributed by atoms with Crippen molar-refractivity contribution in [3.05, 3.63) is 57.3 Å². The van der Waals surface area contributed by atoms with Crippen molar-refractivity contribution in [1.82, 2.24) is 19.0 Å². The SMILES string of the molecule is O=c1c2ccccc2cnn1CN1CCN(S(=O)(=O)c2ccc(Cl)s2)CC1. The highest BCUT2D eigenvalue weighted by molar-refractivity contribution is 7.91. The Morgan fingerprint density at radius 2 is 1.81 bits per heavy atom. The Balaban J connectivity index is 1.46. The second-order valence-electron chi connectivity index (χ2n) is 6.26. The number of rotatable bonds is 4. The van der Waals surface area contributed by atoms with E-state index >= 15 is 0 Å². The smallest absolute Gasteiger partial charge is 0.275 e. The minimum absolute atomic E-state index is 0.142. The number of sulfonamides is 1. The highest BCUT2D eigenvalue weighted by Crippen LogP contribution is 2.28. The van der Waals surface area contributed by atoms with Crippen LogP contribution in [0.5, 0.6) is 0 Å². The lowest BCUT2D eigenvalue weighted by atomic mass is 10.2. The van der Waals surface area contributed by atoms with E-state index in [0.29, 0.717) is 42.6 Å². The highest BCUT2D eigenvalue weighted by atomic mass is 35.5. The number of halogens is 1. The molecule has 27 heavy (non-hydrogen) atoms. The zero-order chi connectivity index (χ0) is 19.0. The molecule has 10 heteroatoms. The summed E-state index contributed by atoms with van der Waals surface area (Å²) in [6.07, 6.45) is 1.68. The molecule has 4 rings (SSSR count). The van der Waals surface area contributed by atoms with Crippen molar-refractivity contribution in [3.8, 4) is 0 Å². The summed E-state index contributed by atoms with van der Waals surface area (Å²) >= 11 is 6.92. The van der Waals surface area contributed by atoms with Crippen LogP contribution in [-0.4, -0.2) is 53.6 Å². The summed E-state index contributed by atoms with van der Waals surface area (Å²) < 4.78 is 28.9. The first-order valence-electron chi connectivity index (χ1n) is 8.38. The fraction of sp³-hybridized carbons (Fsp3) is 0.294. The normalized spacial score (nSPS) is 16.8. The molecule has 1 aromatic carbocycles. The van der Waals surface area contributed by atoms with Crippen LogP contribution < -0.4 is 5.56 Å². The van der Waals surface area contributed by atoms with E-state index in [9.17, 15) is 13.2 Å². The molecule has 1 aliphatic rings. The zero-order valence-electron chi connectivity index (χ0n) is 14.3. The van der Waals surface area contributed by atoms with Crippen LogP contribution in [0.4, 0.5) is 0 Å². The van der Waals surface area contributed by atoms with Gasteiger partial charge in [0.1, 0.15) is 4.21 Å². The van der Waals surface area contributed by atoms with Crippen LogP contribution in [0, 0.1) is 0 Å². The molecule has 2 aromatic heterocycles. The summed E-state index contributed by atoms with van der Waals surface area (Å²) in [5.41, 5.74) is -0.142. The van der Waals surface area contributed by atoms with Gasteiger partial charge in [0, 0.05) is 31.6 Å². The third-order valence-electron chi connectivity index (χ3n) is 4.57. The van der Waals surface area contributed by atoms with Crippen LogP contribution in [-0.2, 0) is 16.7 Å². The third-order valence-corrected chi connectivity index (χ3v) is 8.17. The average Bonchev–Trinajstić information content (AvgIpc) is 3.12. The Morgan fingerprint density at radius 3 is 2.52 bits per heavy atom. The number of fused-ring (bicyclic) bond motifs is 1. The van der Waals surface area contributed by atoms with Crippen molar-refractivity contribution in [1.29, 1.82) is 0 Å². The molecule has 1 saturated heterocycles. The van der Waals surface area contributed by atoms with Gasteiger partial charge in [-0.25, -0.2) is 13.1 Å². The molecule has 0 N–H and O–H groups in total. The van der Waals surface area contributed by atoms with Crippen LogP contribution in [0.2, 0.25) is 4.34 Å². The van der Waals surface area contributed by atoms with Gasteiger partial charge in [0.05, 0.1) is 22.6 Å². The van der Waals surface area contributed by atoms with E-state index in [4.69, 9.17) is 11.6 Å². The molecule has 1 aliphatic heterocycles. The van der Waals surface area contributed by atoms with Crippen LogP contribution in [0.25, 0.3) is 10.8 Å². The van der Waals surface area contributed by atoms with E-state index in [1.807, 2.05) is 23.1 Å². The van der Waals surface area contributed by atoms with Crippen LogP contribution in [0.15, 0.2) is 51.6 Å². The Morgan fingerprint density at radius 1 is 1.07 bits per heavy atom. The molecule has 0 unspecified atom stereocenters. The standard InChI is InChI=1S/C17H17ClN4O3S2/c18-15-5-6-16(26-15)27(24,25)21-9-7-20(8-10-21)12-22-17(23)14-4-2-1-3-13(14)11-19-22/h1-6,11H,7-10,12H2. The minimum atomic E-state index is -3.52. The van der Waals surface area contributed by atoms with E-state index in [-0.39, 0.29) is 9.77 Å². The number of thiophene rings is 1. The molecule has 3 heterocycles. The minimum Gasteiger partial charge on any atom is -0.282 e. The predicted octanol–water partition coefficient (Wildman–Crippen LogP) is 2.08. The van der Waals surface area contributed by atoms with E-state index in [2.05, 4.69) is 5.10 Å². The van der Waals surface area contributed by atoms with Crippen molar-refractivity contribution >= 4 is 43.7 Å². The third kappa shape index (κ3) is 3.65. The van der Waals surface area contributed by atoms with Gasteiger partial charge in [0.15, 0.2) is 0 Å². The van der Waals surface area contributed by atoms with E-state index in [1.54, 1.807) is 18.3 Å². The van der Waals surface area contributed by atoms with Crippen LogP contribution in [0.3, 0.4) is 0 Å². The largest absolute Gasteiger partial charge is 0.282 e. The lowest BCUT2D eigenvalue weighted by Crippen LogP contribution is -2.49. The first kappa shape index (κ1) is 18.6. The quantitative estimate of drug-likeness (QED) is 0.641. The fourth-order valence-corrected chi connectivity index (χ4v) is 6.15. The Hall–Kier alpha value is -1.78. The van der Waals surface area contributed by atoms with Gasteiger partial charge in [0.25, 0.3) is 15.6 Å². The fourth-order valence-electron chi connectivity index (χ4n) is 3.09. The second kappa shape index (κ2) is 7.33. The van der Waals surface area contributed by atoms with Crippen molar-refractivity contribution in [2.24, 2.45) is 0 Å². The van der Waals surface area contributed by atoms with E-state index < -0.39 is 10.0 Å². The molecule has 0 radical (unpaired) electrons. The van der Waals surface area contributed by atoms with Gasteiger partial charge in [-0.05, 0) is 18.2 Å². The molecular formula is C17H17ClN4O3S2. The van der Waals surface area contributed by atoms with E-state index in [1.165, 1.54) is 15.1 Å². The van der Waals surface area contributed by atoms with Crippen molar-refractivity contribution in [3.63, 3.8) is 0 Å². The summed E-state index contributed by atoms with van der Waals surface area (Å²) in [6.45, 7) is 2.11.